The summed E-state index contributed by atoms with van der Waals surface area (Å²) in [5, 5.41) is 2.98. The van der Waals surface area contributed by atoms with E-state index in [1.807, 2.05) is 81.4 Å². The summed E-state index contributed by atoms with van der Waals surface area (Å²) in [6.45, 7) is 5.27. The molecule has 0 saturated heterocycles. The average molecular weight is 646 g/mol. The van der Waals surface area contributed by atoms with E-state index >= 15 is 0 Å². The maximum Gasteiger partial charge on any atom is 0.244 e. The van der Waals surface area contributed by atoms with Crippen LogP contribution in [0.4, 0.5) is 10.1 Å². The second kappa shape index (κ2) is 15.1. The van der Waals surface area contributed by atoms with Crippen molar-refractivity contribution < 1.29 is 27.1 Å². The maximum absolute atomic E-state index is 14.2. The van der Waals surface area contributed by atoms with E-state index in [1.165, 1.54) is 17.0 Å². The fourth-order valence-electron chi connectivity index (χ4n) is 4.86. The number of ether oxygens (including phenoxy) is 1. The van der Waals surface area contributed by atoms with E-state index in [4.69, 9.17) is 4.74 Å². The Morgan fingerprint density at radius 2 is 1.37 bits per heavy atom. The molecule has 0 radical (unpaired) electrons. The average Bonchev–Trinajstić information content (AvgIpc) is 3.01. The molecule has 4 rings (SSSR count). The quantitative estimate of drug-likeness (QED) is 0.201. The van der Waals surface area contributed by atoms with Gasteiger partial charge in [-0.15, -0.1) is 0 Å². The third-order valence-corrected chi connectivity index (χ3v) is 8.23. The van der Waals surface area contributed by atoms with E-state index in [-0.39, 0.29) is 18.7 Å². The van der Waals surface area contributed by atoms with Crippen molar-refractivity contribution in [1.82, 2.24) is 10.2 Å². The molecule has 1 unspecified atom stereocenters. The third kappa shape index (κ3) is 10.2. The summed E-state index contributed by atoms with van der Waals surface area (Å²) < 4.78 is 46.8. The van der Waals surface area contributed by atoms with Gasteiger partial charge in [0.2, 0.25) is 21.8 Å². The van der Waals surface area contributed by atoms with E-state index < -0.39 is 45.8 Å². The highest BCUT2D eigenvalue weighted by Crippen LogP contribution is 2.24. The Morgan fingerprint density at radius 3 is 1.91 bits per heavy atom. The van der Waals surface area contributed by atoms with Gasteiger partial charge >= 0.3 is 0 Å². The molecule has 0 saturated carbocycles. The minimum Gasteiger partial charge on any atom is -0.489 e. The van der Waals surface area contributed by atoms with Crippen LogP contribution in [0, 0.1) is 5.82 Å². The summed E-state index contributed by atoms with van der Waals surface area (Å²) >= 11 is 0. The van der Waals surface area contributed by atoms with Gasteiger partial charge in [0, 0.05) is 18.5 Å². The van der Waals surface area contributed by atoms with Gasteiger partial charge in [0.05, 0.1) is 11.9 Å². The Morgan fingerprint density at radius 1 is 0.804 bits per heavy atom. The fourth-order valence-corrected chi connectivity index (χ4v) is 5.71. The number of rotatable bonds is 13. The molecule has 0 heterocycles. The van der Waals surface area contributed by atoms with Crippen LogP contribution < -0.4 is 14.4 Å². The van der Waals surface area contributed by atoms with E-state index in [2.05, 4.69) is 5.32 Å². The molecule has 4 aromatic rings. The summed E-state index contributed by atoms with van der Waals surface area (Å²) in [6.07, 6.45) is 1.21. The Kier molecular flexibility index (Phi) is 11.2. The van der Waals surface area contributed by atoms with Crippen LogP contribution in [-0.4, -0.2) is 49.5 Å². The van der Waals surface area contributed by atoms with Gasteiger partial charge in [-0.1, -0.05) is 72.8 Å². The number of sulfonamides is 1. The lowest BCUT2D eigenvalue weighted by atomic mass is 10.0. The molecule has 0 aliphatic heterocycles. The van der Waals surface area contributed by atoms with Gasteiger partial charge in [-0.05, 0) is 73.9 Å². The predicted molar refractivity (Wildman–Crippen MR) is 178 cm³/mol. The maximum atomic E-state index is 14.2. The number of carbonyl (C=O) groups is 2. The zero-order valence-corrected chi connectivity index (χ0v) is 27.3. The van der Waals surface area contributed by atoms with E-state index in [0.717, 1.165) is 21.7 Å². The zero-order chi connectivity index (χ0) is 33.3. The summed E-state index contributed by atoms with van der Waals surface area (Å²) in [5.74, 6) is -0.888. The number of anilines is 1. The monoisotopic (exact) mass is 645 g/mol. The molecule has 242 valence electrons. The number of carbonyl (C=O) groups excluding carboxylic acids is 2. The van der Waals surface area contributed by atoms with Gasteiger partial charge in [0.15, 0.2) is 0 Å². The summed E-state index contributed by atoms with van der Waals surface area (Å²) in [6, 6.07) is 30.0. The summed E-state index contributed by atoms with van der Waals surface area (Å²) in [5.41, 5.74) is 2.06. The number of amides is 2. The van der Waals surface area contributed by atoms with Crippen LogP contribution in [0.15, 0.2) is 109 Å². The number of nitrogens with zero attached hydrogens (tertiary/aromatic N) is 2. The van der Waals surface area contributed by atoms with Crippen LogP contribution in [-0.2, 0) is 39.2 Å². The Hall–Kier alpha value is -4.70. The first-order chi connectivity index (χ1) is 21.8. The van der Waals surface area contributed by atoms with Gasteiger partial charge in [-0.2, -0.15) is 0 Å². The first-order valence-corrected chi connectivity index (χ1v) is 16.8. The van der Waals surface area contributed by atoms with Crippen LogP contribution in [0.2, 0.25) is 0 Å². The minimum absolute atomic E-state index is 0.0436. The standard InChI is InChI=1S/C36H40FN3O5S/c1-36(2,3)38-35(42)33(23-27-11-7-5-8-12-27)39(24-28-15-17-30(37)18-16-28)34(41)25-40(46(4,43)44)31-19-21-32(22-20-31)45-26-29-13-9-6-10-14-29/h5-22,33H,23-26H2,1-4H3,(H,38,42). The Balaban J connectivity index is 1.65. The summed E-state index contributed by atoms with van der Waals surface area (Å²) in [7, 11) is -3.93. The van der Waals surface area contributed by atoms with Crippen LogP contribution in [0.3, 0.4) is 0 Å². The van der Waals surface area contributed by atoms with Crippen molar-refractivity contribution >= 4 is 27.5 Å². The van der Waals surface area contributed by atoms with Gasteiger partial charge in [-0.3, -0.25) is 13.9 Å². The van der Waals surface area contributed by atoms with Crippen molar-refractivity contribution in [2.45, 2.75) is 51.9 Å². The highest BCUT2D eigenvalue weighted by molar-refractivity contribution is 7.92. The first kappa shape index (κ1) is 34.2. The lowest BCUT2D eigenvalue weighted by Crippen LogP contribution is -2.56. The van der Waals surface area contributed by atoms with Crippen molar-refractivity contribution in [1.29, 1.82) is 0 Å². The number of benzene rings is 4. The highest BCUT2D eigenvalue weighted by atomic mass is 32.2. The molecule has 0 bridgehead atoms. The molecular formula is C36H40FN3O5S. The van der Waals surface area contributed by atoms with Crippen LogP contribution in [0.25, 0.3) is 0 Å². The van der Waals surface area contributed by atoms with Crippen LogP contribution in [0.1, 0.15) is 37.5 Å². The van der Waals surface area contributed by atoms with Gasteiger partial charge in [-0.25, -0.2) is 12.8 Å². The van der Waals surface area contributed by atoms with E-state index in [1.54, 1.807) is 36.4 Å². The van der Waals surface area contributed by atoms with Crippen molar-refractivity contribution in [3.63, 3.8) is 0 Å². The van der Waals surface area contributed by atoms with Gasteiger partial charge in [0.1, 0.15) is 30.8 Å². The fraction of sp³-hybridized carbons (Fsp3) is 0.278. The second-order valence-electron chi connectivity index (χ2n) is 12.1. The second-order valence-corrected chi connectivity index (χ2v) is 14.0. The molecule has 0 aliphatic rings. The third-order valence-electron chi connectivity index (χ3n) is 7.09. The molecule has 1 atom stereocenters. The molecule has 0 aliphatic carbocycles. The molecule has 0 fully saturated rings. The molecular weight excluding hydrogens is 605 g/mol. The van der Waals surface area contributed by atoms with Crippen molar-refractivity contribution in [3.8, 4) is 5.75 Å². The molecule has 10 heteroatoms. The molecule has 0 spiro atoms. The molecule has 2 amide bonds. The SMILES string of the molecule is CC(C)(C)NC(=O)C(Cc1ccccc1)N(Cc1ccc(F)cc1)C(=O)CN(c1ccc(OCc2ccccc2)cc1)S(C)(=O)=O. The lowest BCUT2D eigenvalue weighted by Gasteiger charge is -2.35. The first-order valence-electron chi connectivity index (χ1n) is 14.9. The topological polar surface area (TPSA) is 96.0 Å². The number of nitrogens with one attached hydrogen (secondary N) is 1. The molecule has 1 N–H and O–H groups in total. The Labute approximate surface area is 270 Å². The Bertz CT molecular complexity index is 1690. The van der Waals surface area contributed by atoms with E-state index in [9.17, 15) is 22.4 Å². The minimum atomic E-state index is -3.93. The lowest BCUT2D eigenvalue weighted by molar-refractivity contribution is -0.140. The summed E-state index contributed by atoms with van der Waals surface area (Å²) in [4.78, 5) is 29.4. The predicted octanol–water partition coefficient (Wildman–Crippen LogP) is 5.73. The normalized spacial score (nSPS) is 12.2. The van der Waals surface area contributed by atoms with Crippen molar-refractivity contribution in [2.75, 3.05) is 17.1 Å². The van der Waals surface area contributed by atoms with Crippen LogP contribution in [0.5, 0.6) is 5.75 Å². The molecule has 46 heavy (non-hydrogen) atoms. The molecule has 4 aromatic carbocycles. The smallest absolute Gasteiger partial charge is 0.244 e. The highest BCUT2D eigenvalue weighted by Gasteiger charge is 2.34. The molecule has 8 nitrogen and oxygen atoms in total. The van der Waals surface area contributed by atoms with Crippen LogP contribution >= 0.6 is 0 Å². The molecule has 0 aromatic heterocycles. The van der Waals surface area contributed by atoms with Crippen molar-refractivity contribution in [2.24, 2.45) is 0 Å². The van der Waals surface area contributed by atoms with Crippen molar-refractivity contribution in [3.05, 3.63) is 132 Å². The van der Waals surface area contributed by atoms with Gasteiger partial charge in [0.25, 0.3) is 0 Å². The number of hydrogen-bond donors (Lipinski definition) is 1. The largest absolute Gasteiger partial charge is 0.489 e. The van der Waals surface area contributed by atoms with Gasteiger partial charge < -0.3 is 15.0 Å². The number of hydrogen-bond acceptors (Lipinski definition) is 5. The number of halogens is 1. The van der Waals surface area contributed by atoms with E-state index in [0.29, 0.717) is 17.9 Å². The zero-order valence-electron chi connectivity index (χ0n) is 26.5.